The molecule has 7 nitrogen and oxygen atoms in total. The highest BCUT2D eigenvalue weighted by Crippen LogP contribution is 2.27. The minimum Gasteiger partial charge on any atom is -0.495 e. The molecule has 9 heteroatoms. The second-order valence-corrected chi connectivity index (χ2v) is 8.09. The van der Waals surface area contributed by atoms with Crippen molar-refractivity contribution < 1.29 is 22.7 Å². The van der Waals surface area contributed by atoms with Gasteiger partial charge in [-0.3, -0.25) is 13.9 Å². The van der Waals surface area contributed by atoms with Crippen LogP contribution >= 0.6 is 11.6 Å². The predicted octanol–water partition coefficient (Wildman–Crippen LogP) is 2.96. The standard InChI is InChI=1S/C18H19ClN2O5S/c1-12(22)13-5-4-6-15(9-13)21(27(3,24)25)11-18(23)20-14-7-8-17(26-2)16(19)10-14/h4-10H,11H2,1-3H3,(H,20,23). The van der Waals surface area contributed by atoms with Gasteiger partial charge in [0.2, 0.25) is 15.9 Å². The molecule has 0 fully saturated rings. The van der Waals surface area contributed by atoms with Gasteiger partial charge in [-0.15, -0.1) is 0 Å². The monoisotopic (exact) mass is 410 g/mol. The average molecular weight is 411 g/mol. The van der Waals surface area contributed by atoms with Crippen LogP contribution in [0, 0.1) is 0 Å². The number of nitrogens with zero attached hydrogens (tertiary/aromatic N) is 1. The Kier molecular flexibility index (Phi) is 6.45. The van der Waals surface area contributed by atoms with Crippen LogP contribution in [0.1, 0.15) is 17.3 Å². The molecule has 0 radical (unpaired) electrons. The van der Waals surface area contributed by atoms with Crippen LogP contribution in [0.3, 0.4) is 0 Å². The van der Waals surface area contributed by atoms with Crippen LogP contribution in [0.5, 0.6) is 5.75 Å². The van der Waals surface area contributed by atoms with Gasteiger partial charge in [0, 0.05) is 11.3 Å². The third kappa shape index (κ3) is 5.45. The van der Waals surface area contributed by atoms with Crippen molar-refractivity contribution in [2.24, 2.45) is 0 Å². The number of methoxy groups -OCH3 is 1. The summed E-state index contributed by atoms with van der Waals surface area (Å²) in [4.78, 5) is 23.9. The molecule has 0 saturated heterocycles. The number of carbonyl (C=O) groups excluding carboxylic acids is 2. The summed E-state index contributed by atoms with van der Waals surface area (Å²) in [6, 6.07) is 10.8. The number of nitrogens with one attached hydrogen (secondary N) is 1. The molecule has 0 spiro atoms. The fraction of sp³-hybridized carbons (Fsp3) is 0.222. The third-order valence-corrected chi connectivity index (χ3v) is 5.10. The van der Waals surface area contributed by atoms with Crippen molar-refractivity contribution in [2.45, 2.75) is 6.92 Å². The summed E-state index contributed by atoms with van der Waals surface area (Å²) in [5.74, 6) is -0.314. The van der Waals surface area contributed by atoms with Crippen molar-refractivity contribution in [3.05, 3.63) is 53.1 Å². The van der Waals surface area contributed by atoms with Gasteiger partial charge < -0.3 is 10.1 Å². The van der Waals surface area contributed by atoms with E-state index in [-0.39, 0.29) is 11.5 Å². The lowest BCUT2D eigenvalue weighted by molar-refractivity contribution is -0.114. The van der Waals surface area contributed by atoms with E-state index in [4.69, 9.17) is 16.3 Å². The zero-order chi connectivity index (χ0) is 20.2. The molecule has 0 heterocycles. The maximum Gasteiger partial charge on any atom is 0.245 e. The van der Waals surface area contributed by atoms with Crippen molar-refractivity contribution in [3.8, 4) is 5.75 Å². The van der Waals surface area contributed by atoms with E-state index in [1.54, 1.807) is 24.3 Å². The van der Waals surface area contributed by atoms with Crippen molar-refractivity contribution in [1.29, 1.82) is 0 Å². The Labute approximate surface area is 162 Å². The molecule has 0 unspecified atom stereocenters. The van der Waals surface area contributed by atoms with E-state index >= 15 is 0 Å². The van der Waals surface area contributed by atoms with Crippen LogP contribution in [-0.4, -0.2) is 40.0 Å². The summed E-state index contributed by atoms with van der Waals surface area (Å²) in [7, 11) is -2.28. The Morgan fingerprint density at radius 1 is 1.19 bits per heavy atom. The van der Waals surface area contributed by atoms with Crippen LogP contribution in [0.25, 0.3) is 0 Å². The van der Waals surface area contributed by atoms with Crippen molar-refractivity contribution in [1.82, 2.24) is 0 Å². The topological polar surface area (TPSA) is 92.8 Å². The quantitative estimate of drug-likeness (QED) is 0.708. The molecule has 0 saturated carbocycles. The molecule has 0 aliphatic heterocycles. The first-order valence-electron chi connectivity index (χ1n) is 7.84. The fourth-order valence-corrected chi connectivity index (χ4v) is 3.46. The smallest absolute Gasteiger partial charge is 0.245 e. The van der Waals surface area contributed by atoms with E-state index < -0.39 is 22.5 Å². The second kappa shape index (κ2) is 8.41. The largest absolute Gasteiger partial charge is 0.495 e. The number of carbonyl (C=O) groups is 2. The van der Waals surface area contributed by atoms with Gasteiger partial charge in [0.05, 0.1) is 24.1 Å². The SMILES string of the molecule is COc1ccc(NC(=O)CN(c2cccc(C(C)=O)c2)S(C)(=O)=O)cc1Cl. The highest BCUT2D eigenvalue weighted by molar-refractivity contribution is 7.92. The maximum absolute atomic E-state index is 12.4. The molecule has 2 aromatic carbocycles. The number of ketones is 1. The van der Waals surface area contributed by atoms with Gasteiger partial charge in [0.1, 0.15) is 12.3 Å². The molecular formula is C18H19ClN2O5S. The number of Topliss-reactive ketones (excluding diaryl/α,β-unsaturated/α-hetero) is 1. The number of amides is 1. The third-order valence-electron chi connectivity index (χ3n) is 3.66. The Bertz CT molecular complexity index is 975. The molecule has 2 aromatic rings. The summed E-state index contributed by atoms with van der Waals surface area (Å²) in [5.41, 5.74) is 0.980. The molecule has 0 aromatic heterocycles. The Hall–Kier alpha value is -2.58. The highest BCUT2D eigenvalue weighted by Gasteiger charge is 2.21. The lowest BCUT2D eigenvalue weighted by Gasteiger charge is -2.22. The zero-order valence-corrected chi connectivity index (χ0v) is 16.6. The van der Waals surface area contributed by atoms with E-state index in [0.717, 1.165) is 10.6 Å². The molecule has 1 amide bonds. The lowest BCUT2D eigenvalue weighted by Crippen LogP contribution is -2.37. The van der Waals surface area contributed by atoms with Crippen LogP contribution < -0.4 is 14.4 Å². The van der Waals surface area contributed by atoms with Crippen LogP contribution in [-0.2, 0) is 14.8 Å². The van der Waals surface area contributed by atoms with Crippen LogP contribution in [0.2, 0.25) is 5.02 Å². The number of hydrogen-bond donors (Lipinski definition) is 1. The number of sulfonamides is 1. The first-order chi connectivity index (χ1) is 12.6. The maximum atomic E-state index is 12.4. The van der Waals surface area contributed by atoms with E-state index in [0.29, 0.717) is 22.0 Å². The molecule has 2 rings (SSSR count). The van der Waals surface area contributed by atoms with Gasteiger partial charge in [-0.1, -0.05) is 23.7 Å². The van der Waals surface area contributed by atoms with E-state index in [9.17, 15) is 18.0 Å². The van der Waals surface area contributed by atoms with Crippen LogP contribution in [0.15, 0.2) is 42.5 Å². The number of anilines is 2. The predicted molar refractivity (Wildman–Crippen MR) is 105 cm³/mol. The normalized spacial score (nSPS) is 11.0. The van der Waals surface area contributed by atoms with Crippen molar-refractivity contribution >= 4 is 44.7 Å². The molecule has 144 valence electrons. The number of hydrogen-bond acceptors (Lipinski definition) is 5. The van der Waals surface area contributed by atoms with Crippen LogP contribution in [0.4, 0.5) is 11.4 Å². The number of benzene rings is 2. The minimum absolute atomic E-state index is 0.206. The second-order valence-electron chi connectivity index (χ2n) is 5.77. The molecule has 1 N–H and O–H groups in total. The van der Waals surface area contributed by atoms with E-state index in [1.165, 1.54) is 32.2 Å². The number of ether oxygens (including phenoxy) is 1. The van der Waals surface area contributed by atoms with Crippen molar-refractivity contribution in [3.63, 3.8) is 0 Å². The van der Waals surface area contributed by atoms with Gasteiger partial charge in [-0.05, 0) is 37.3 Å². The van der Waals surface area contributed by atoms with Gasteiger partial charge >= 0.3 is 0 Å². The Morgan fingerprint density at radius 2 is 1.89 bits per heavy atom. The molecule has 0 atom stereocenters. The van der Waals surface area contributed by atoms with Gasteiger partial charge in [-0.25, -0.2) is 8.42 Å². The lowest BCUT2D eigenvalue weighted by atomic mass is 10.1. The molecule has 27 heavy (non-hydrogen) atoms. The van der Waals surface area contributed by atoms with E-state index in [2.05, 4.69) is 5.32 Å². The van der Waals surface area contributed by atoms with Crippen molar-refractivity contribution in [2.75, 3.05) is 29.5 Å². The van der Waals surface area contributed by atoms with E-state index in [1.807, 2.05) is 0 Å². The van der Waals surface area contributed by atoms with Gasteiger partial charge in [-0.2, -0.15) is 0 Å². The Balaban J connectivity index is 2.24. The fourth-order valence-electron chi connectivity index (χ4n) is 2.36. The summed E-state index contributed by atoms with van der Waals surface area (Å²) >= 11 is 6.02. The highest BCUT2D eigenvalue weighted by atomic mass is 35.5. The Morgan fingerprint density at radius 3 is 2.44 bits per heavy atom. The van der Waals surface area contributed by atoms with Gasteiger partial charge in [0.25, 0.3) is 0 Å². The summed E-state index contributed by atoms with van der Waals surface area (Å²) < 4.78 is 30.3. The summed E-state index contributed by atoms with van der Waals surface area (Å²) in [6.07, 6.45) is 0.991. The summed E-state index contributed by atoms with van der Waals surface area (Å²) in [6.45, 7) is 0.924. The molecule has 0 bridgehead atoms. The summed E-state index contributed by atoms with van der Waals surface area (Å²) in [5, 5.41) is 2.90. The average Bonchev–Trinajstić information content (AvgIpc) is 2.59. The minimum atomic E-state index is -3.75. The first kappa shape index (κ1) is 20.7. The molecule has 0 aliphatic carbocycles. The molecule has 0 aliphatic rings. The first-order valence-corrected chi connectivity index (χ1v) is 10.1. The zero-order valence-electron chi connectivity index (χ0n) is 15.0. The number of rotatable bonds is 7. The number of halogens is 1. The molecular weight excluding hydrogens is 392 g/mol. The van der Waals surface area contributed by atoms with Gasteiger partial charge in [0.15, 0.2) is 5.78 Å².